The topological polar surface area (TPSA) is 54.0 Å². The molecule has 0 saturated carbocycles. The molecule has 0 aliphatic carbocycles. The van der Waals surface area contributed by atoms with E-state index in [1.807, 2.05) is 22.6 Å². The summed E-state index contributed by atoms with van der Waals surface area (Å²) < 4.78 is 21.2. The summed E-state index contributed by atoms with van der Waals surface area (Å²) >= 11 is 1.95. The van der Waals surface area contributed by atoms with Gasteiger partial charge < -0.3 is 18.9 Å². The van der Waals surface area contributed by atoms with Crippen molar-refractivity contribution in [2.45, 2.75) is 5.60 Å². The summed E-state index contributed by atoms with van der Waals surface area (Å²) in [5, 5.41) is 0. The van der Waals surface area contributed by atoms with E-state index in [2.05, 4.69) is 6.58 Å². The fourth-order valence-corrected chi connectivity index (χ4v) is 1.48. The van der Waals surface area contributed by atoms with Crippen LogP contribution >= 0.6 is 22.6 Å². The molecule has 0 unspecified atom stereocenters. The van der Waals surface area contributed by atoms with Crippen molar-refractivity contribution >= 4 is 28.6 Å². The lowest BCUT2D eigenvalue weighted by Crippen LogP contribution is -2.51. The molecule has 1 heterocycles. The second kappa shape index (κ2) is 7.21. The van der Waals surface area contributed by atoms with Crippen LogP contribution in [-0.2, 0) is 23.7 Å². The third kappa shape index (κ3) is 4.36. The molecule has 1 aliphatic rings. The molecule has 0 N–H and O–H groups in total. The lowest BCUT2D eigenvalue weighted by Gasteiger charge is -2.35. The van der Waals surface area contributed by atoms with Crippen molar-refractivity contribution in [3.8, 4) is 0 Å². The van der Waals surface area contributed by atoms with Gasteiger partial charge in [0.15, 0.2) is 5.60 Å². The Hall–Kier alpha value is -0.180. The predicted octanol–water partition coefficient (Wildman–Crippen LogP) is 0.910. The second-order valence-electron chi connectivity index (χ2n) is 3.41. The summed E-state index contributed by atoms with van der Waals surface area (Å²) in [5.41, 5.74) is -0.816. The van der Waals surface area contributed by atoms with Crippen molar-refractivity contribution < 1.29 is 23.7 Å². The SMILES string of the molecule is C=CCOCC1(OC(=O)CI)COCOC1. The average molecular weight is 342 g/mol. The zero-order valence-corrected chi connectivity index (χ0v) is 11.1. The van der Waals surface area contributed by atoms with Gasteiger partial charge in [-0.05, 0) is 0 Å². The molecule has 0 aromatic heterocycles. The minimum absolute atomic E-state index is 0.227. The fraction of sp³-hybridized carbons (Fsp3) is 0.700. The molecular formula is C10H15IO5. The fourth-order valence-electron chi connectivity index (χ4n) is 1.32. The summed E-state index contributed by atoms with van der Waals surface area (Å²) in [6.07, 6.45) is 1.64. The van der Waals surface area contributed by atoms with Crippen molar-refractivity contribution in [2.24, 2.45) is 0 Å². The summed E-state index contributed by atoms with van der Waals surface area (Å²) in [7, 11) is 0. The van der Waals surface area contributed by atoms with Crippen LogP contribution in [0, 0.1) is 0 Å². The van der Waals surface area contributed by atoms with E-state index in [1.165, 1.54) is 0 Å². The third-order valence-corrected chi connectivity index (χ3v) is 2.56. The number of ether oxygens (including phenoxy) is 4. The number of rotatable bonds is 6. The summed E-state index contributed by atoms with van der Waals surface area (Å²) in [4.78, 5) is 11.3. The number of esters is 1. The monoisotopic (exact) mass is 342 g/mol. The summed E-state index contributed by atoms with van der Waals surface area (Å²) in [5.74, 6) is -0.295. The van der Waals surface area contributed by atoms with Crippen LogP contribution in [0.3, 0.4) is 0 Å². The maximum atomic E-state index is 11.3. The first-order valence-corrected chi connectivity index (χ1v) is 6.37. The largest absolute Gasteiger partial charge is 0.451 e. The summed E-state index contributed by atoms with van der Waals surface area (Å²) in [6.45, 7) is 5.03. The normalized spacial score (nSPS) is 19.1. The number of hydrogen-bond donors (Lipinski definition) is 0. The molecule has 0 spiro atoms. The van der Waals surface area contributed by atoms with E-state index in [9.17, 15) is 4.79 Å². The van der Waals surface area contributed by atoms with Crippen LogP contribution in [0.2, 0.25) is 0 Å². The van der Waals surface area contributed by atoms with Gasteiger partial charge in [0.05, 0.1) is 30.9 Å². The van der Waals surface area contributed by atoms with Crippen molar-refractivity contribution in [3.05, 3.63) is 12.7 Å². The molecule has 6 heteroatoms. The zero-order valence-electron chi connectivity index (χ0n) is 8.95. The summed E-state index contributed by atoms with van der Waals surface area (Å²) in [6, 6.07) is 0. The molecule has 0 amide bonds. The minimum Gasteiger partial charge on any atom is -0.451 e. The maximum Gasteiger partial charge on any atom is 0.316 e. The van der Waals surface area contributed by atoms with Gasteiger partial charge in [-0.2, -0.15) is 0 Å². The number of hydrogen-bond acceptors (Lipinski definition) is 5. The number of alkyl halides is 1. The molecule has 0 radical (unpaired) electrons. The Morgan fingerprint density at radius 3 is 2.75 bits per heavy atom. The molecule has 92 valence electrons. The van der Waals surface area contributed by atoms with E-state index in [0.29, 0.717) is 24.2 Å². The Balaban J connectivity index is 2.52. The molecule has 5 nitrogen and oxygen atoms in total. The van der Waals surface area contributed by atoms with Crippen molar-refractivity contribution in [2.75, 3.05) is 37.6 Å². The lowest BCUT2D eigenvalue weighted by molar-refractivity contribution is -0.230. The van der Waals surface area contributed by atoms with Crippen LogP contribution in [-0.4, -0.2) is 49.2 Å². The van der Waals surface area contributed by atoms with Gasteiger partial charge in [-0.15, -0.1) is 6.58 Å². The Kier molecular flexibility index (Phi) is 6.25. The van der Waals surface area contributed by atoms with Gasteiger partial charge in [-0.1, -0.05) is 28.7 Å². The molecule has 0 bridgehead atoms. The molecule has 0 aromatic carbocycles. The Bertz CT molecular complexity index is 237. The van der Waals surface area contributed by atoms with E-state index in [4.69, 9.17) is 18.9 Å². The highest BCUT2D eigenvalue weighted by atomic mass is 127. The molecule has 0 aromatic rings. The van der Waals surface area contributed by atoms with Crippen molar-refractivity contribution in [1.82, 2.24) is 0 Å². The van der Waals surface area contributed by atoms with Gasteiger partial charge in [0.2, 0.25) is 0 Å². The molecule has 16 heavy (non-hydrogen) atoms. The quantitative estimate of drug-likeness (QED) is 0.236. The molecule has 1 saturated heterocycles. The average Bonchev–Trinajstić information content (AvgIpc) is 2.30. The van der Waals surface area contributed by atoms with Crippen LogP contribution < -0.4 is 0 Å². The Morgan fingerprint density at radius 1 is 1.50 bits per heavy atom. The highest BCUT2D eigenvalue weighted by Crippen LogP contribution is 2.18. The van der Waals surface area contributed by atoms with E-state index in [1.54, 1.807) is 6.08 Å². The van der Waals surface area contributed by atoms with Crippen LogP contribution in [0.1, 0.15) is 0 Å². The highest BCUT2D eigenvalue weighted by molar-refractivity contribution is 14.1. The number of halogens is 1. The second-order valence-corrected chi connectivity index (χ2v) is 4.17. The maximum absolute atomic E-state index is 11.3. The standard InChI is InChI=1S/C10H15IO5/c1-2-3-13-5-10(16-9(12)4-11)6-14-8-15-7-10/h2H,1,3-8H2. The smallest absolute Gasteiger partial charge is 0.316 e. The molecule has 0 atom stereocenters. The first-order valence-electron chi connectivity index (χ1n) is 4.84. The van der Waals surface area contributed by atoms with Crippen LogP contribution in [0.25, 0.3) is 0 Å². The highest BCUT2D eigenvalue weighted by Gasteiger charge is 2.38. The van der Waals surface area contributed by atoms with Gasteiger partial charge in [0.25, 0.3) is 0 Å². The molecule has 1 rings (SSSR count). The van der Waals surface area contributed by atoms with Gasteiger partial charge in [-0.25, -0.2) is 0 Å². The van der Waals surface area contributed by atoms with E-state index in [0.717, 1.165) is 0 Å². The van der Waals surface area contributed by atoms with Gasteiger partial charge in [-0.3, -0.25) is 4.79 Å². The van der Waals surface area contributed by atoms with E-state index in [-0.39, 0.29) is 19.4 Å². The molecular weight excluding hydrogens is 327 g/mol. The van der Waals surface area contributed by atoms with Gasteiger partial charge >= 0.3 is 5.97 Å². The van der Waals surface area contributed by atoms with Crippen molar-refractivity contribution in [3.63, 3.8) is 0 Å². The minimum atomic E-state index is -0.816. The predicted molar refractivity (Wildman–Crippen MR) is 65.5 cm³/mol. The van der Waals surface area contributed by atoms with Crippen molar-refractivity contribution in [1.29, 1.82) is 0 Å². The lowest BCUT2D eigenvalue weighted by atomic mass is 10.1. The van der Waals surface area contributed by atoms with Crippen LogP contribution in [0.5, 0.6) is 0 Å². The van der Waals surface area contributed by atoms with Crippen LogP contribution in [0.15, 0.2) is 12.7 Å². The molecule has 1 fully saturated rings. The Labute approximate surface area is 108 Å². The third-order valence-electron chi connectivity index (χ3n) is 1.94. The van der Waals surface area contributed by atoms with E-state index >= 15 is 0 Å². The van der Waals surface area contributed by atoms with Crippen LogP contribution in [0.4, 0.5) is 0 Å². The van der Waals surface area contributed by atoms with E-state index < -0.39 is 5.60 Å². The van der Waals surface area contributed by atoms with Gasteiger partial charge in [0, 0.05) is 0 Å². The number of carbonyl (C=O) groups is 1. The molecule has 1 aliphatic heterocycles. The number of carbonyl (C=O) groups excluding carboxylic acids is 1. The first-order chi connectivity index (χ1) is 7.72. The van der Waals surface area contributed by atoms with Gasteiger partial charge in [0.1, 0.15) is 6.79 Å². The zero-order chi connectivity index (χ0) is 11.9. The Morgan fingerprint density at radius 2 is 2.19 bits per heavy atom. The first kappa shape index (κ1) is 13.9.